The summed E-state index contributed by atoms with van der Waals surface area (Å²) in [4.78, 5) is 25.8. The number of thioether (sulfide) groups is 1. The van der Waals surface area contributed by atoms with Crippen LogP contribution in [-0.4, -0.2) is 46.2 Å². The van der Waals surface area contributed by atoms with Gasteiger partial charge in [0.15, 0.2) is 0 Å². The number of benzene rings is 1. The lowest BCUT2D eigenvalue weighted by atomic mass is 9.94. The van der Waals surface area contributed by atoms with Gasteiger partial charge in [0.2, 0.25) is 0 Å². The molecule has 0 spiro atoms. The maximum atomic E-state index is 12.8. The summed E-state index contributed by atoms with van der Waals surface area (Å²) >= 11 is 1.52. The van der Waals surface area contributed by atoms with Crippen LogP contribution < -0.4 is 4.74 Å². The summed E-state index contributed by atoms with van der Waals surface area (Å²) in [6, 6.07) is 5.96. The van der Waals surface area contributed by atoms with Crippen molar-refractivity contribution in [3.05, 3.63) is 29.8 Å². The van der Waals surface area contributed by atoms with Crippen molar-refractivity contribution >= 4 is 23.6 Å². The minimum Gasteiger partial charge on any atom is -0.497 e. The van der Waals surface area contributed by atoms with E-state index in [4.69, 9.17) is 4.74 Å². The molecule has 1 aromatic carbocycles. The van der Waals surface area contributed by atoms with Gasteiger partial charge in [-0.1, -0.05) is 20.8 Å². The summed E-state index contributed by atoms with van der Waals surface area (Å²) in [6.45, 7) is 6.05. The molecule has 1 aliphatic rings. The molecule has 1 N–H and O–H groups in total. The molecule has 2 rings (SSSR count). The standard InChI is InChI=1S/C16H21NO4S/c1-16(2,3)15-17(12(9-22-15)14(19)20)13(18)10-5-7-11(21-4)8-6-10/h5-8,12,15H,9H2,1-4H3,(H,19,20). The Balaban J connectivity index is 2.34. The summed E-state index contributed by atoms with van der Waals surface area (Å²) in [5, 5.41) is 9.25. The second kappa shape index (κ2) is 6.20. The Bertz CT molecular complexity index is 565. The maximum Gasteiger partial charge on any atom is 0.327 e. The zero-order valence-corrected chi connectivity index (χ0v) is 14.0. The number of ether oxygens (including phenoxy) is 1. The van der Waals surface area contributed by atoms with Gasteiger partial charge in [-0.2, -0.15) is 0 Å². The number of carboxylic acids is 1. The Hall–Kier alpha value is -1.69. The molecule has 22 heavy (non-hydrogen) atoms. The third-order valence-electron chi connectivity index (χ3n) is 3.60. The van der Waals surface area contributed by atoms with Crippen LogP contribution in [0.1, 0.15) is 31.1 Å². The average molecular weight is 323 g/mol. The fraction of sp³-hybridized carbons (Fsp3) is 0.500. The van der Waals surface area contributed by atoms with E-state index in [0.717, 1.165) is 0 Å². The summed E-state index contributed by atoms with van der Waals surface area (Å²) in [7, 11) is 1.56. The van der Waals surface area contributed by atoms with E-state index in [1.54, 1.807) is 31.4 Å². The van der Waals surface area contributed by atoms with Crippen molar-refractivity contribution in [2.24, 2.45) is 5.41 Å². The van der Waals surface area contributed by atoms with E-state index in [2.05, 4.69) is 0 Å². The van der Waals surface area contributed by atoms with Gasteiger partial charge in [0.1, 0.15) is 11.8 Å². The molecule has 0 aliphatic carbocycles. The van der Waals surface area contributed by atoms with E-state index in [-0.39, 0.29) is 16.7 Å². The largest absolute Gasteiger partial charge is 0.497 e. The maximum absolute atomic E-state index is 12.8. The lowest BCUT2D eigenvalue weighted by Crippen LogP contribution is -2.49. The van der Waals surface area contributed by atoms with Gasteiger partial charge in [0, 0.05) is 11.3 Å². The van der Waals surface area contributed by atoms with Crippen LogP contribution >= 0.6 is 11.8 Å². The highest BCUT2D eigenvalue weighted by molar-refractivity contribution is 8.00. The van der Waals surface area contributed by atoms with Gasteiger partial charge < -0.3 is 14.7 Å². The first-order valence-corrected chi connectivity index (χ1v) is 8.11. The van der Waals surface area contributed by atoms with Gasteiger partial charge in [0.05, 0.1) is 12.5 Å². The van der Waals surface area contributed by atoms with Crippen LogP contribution in [0, 0.1) is 5.41 Å². The van der Waals surface area contributed by atoms with Crippen LogP contribution in [0.4, 0.5) is 0 Å². The number of nitrogens with zero attached hydrogens (tertiary/aromatic N) is 1. The number of methoxy groups -OCH3 is 1. The topological polar surface area (TPSA) is 66.8 Å². The van der Waals surface area contributed by atoms with Gasteiger partial charge in [-0.15, -0.1) is 11.8 Å². The van der Waals surface area contributed by atoms with Crippen molar-refractivity contribution in [1.29, 1.82) is 0 Å². The molecule has 1 saturated heterocycles. The summed E-state index contributed by atoms with van der Waals surface area (Å²) in [5.74, 6) is -0.130. The molecule has 2 unspecified atom stereocenters. The van der Waals surface area contributed by atoms with Crippen molar-refractivity contribution in [2.45, 2.75) is 32.2 Å². The molecule has 5 nitrogen and oxygen atoms in total. The van der Waals surface area contributed by atoms with Gasteiger partial charge >= 0.3 is 5.97 Å². The Morgan fingerprint density at radius 2 is 1.86 bits per heavy atom. The molecule has 0 bridgehead atoms. The van der Waals surface area contributed by atoms with Crippen molar-refractivity contribution in [3.8, 4) is 5.75 Å². The quantitative estimate of drug-likeness (QED) is 0.926. The fourth-order valence-corrected chi connectivity index (χ4v) is 4.07. The third-order valence-corrected chi connectivity index (χ3v) is 5.36. The third kappa shape index (κ3) is 3.21. The molecule has 1 aliphatic heterocycles. The van der Waals surface area contributed by atoms with E-state index in [9.17, 15) is 14.7 Å². The fourth-order valence-electron chi connectivity index (χ4n) is 2.49. The molecule has 6 heteroatoms. The van der Waals surface area contributed by atoms with Crippen molar-refractivity contribution < 1.29 is 19.4 Å². The number of carbonyl (C=O) groups is 2. The average Bonchev–Trinajstić information content (AvgIpc) is 2.91. The first kappa shape index (κ1) is 16.7. The first-order valence-electron chi connectivity index (χ1n) is 7.07. The van der Waals surface area contributed by atoms with Gasteiger partial charge in [0.25, 0.3) is 5.91 Å². The summed E-state index contributed by atoms with van der Waals surface area (Å²) in [5.41, 5.74) is 0.278. The number of amides is 1. The number of carbonyl (C=O) groups excluding carboxylic acids is 1. The highest BCUT2D eigenvalue weighted by atomic mass is 32.2. The number of rotatable bonds is 3. The van der Waals surface area contributed by atoms with E-state index >= 15 is 0 Å². The van der Waals surface area contributed by atoms with Gasteiger partial charge in [-0.05, 0) is 29.7 Å². The van der Waals surface area contributed by atoms with Crippen LogP contribution in [0.15, 0.2) is 24.3 Å². The van der Waals surface area contributed by atoms with Crippen LogP contribution in [0.2, 0.25) is 0 Å². The SMILES string of the molecule is COc1ccc(C(=O)N2C(C(=O)O)CSC2C(C)(C)C)cc1. The van der Waals surface area contributed by atoms with Gasteiger partial charge in [-0.25, -0.2) is 4.79 Å². The molecule has 0 radical (unpaired) electrons. The van der Waals surface area contributed by atoms with Gasteiger partial charge in [-0.3, -0.25) is 4.79 Å². The van der Waals surface area contributed by atoms with Crippen molar-refractivity contribution in [2.75, 3.05) is 12.9 Å². The minimum absolute atomic E-state index is 0.164. The van der Waals surface area contributed by atoms with E-state index < -0.39 is 12.0 Å². The molecule has 2 atom stereocenters. The number of aliphatic carboxylic acids is 1. The number of carboxylic acid groups (broad SMARTS) is 1. The molecular formula is C16H21NO4S. The Labute approximate surface area is 134 Å². The van der Waals surface area contributed by atoms with E-state index in [0.29, 0.717) is 17.1 Å². The predicted octanol–water partition coefficient (Wildman–Crippen LogP) is 2.71. The normalized spacial score (nSPS) is 21.7. The number of hydrogen-bond donors (Lipinski definition) is 1. The van der Waals surface area contributed by atoms with Crippen molar-refractivity contribution in [3.63, 3.8) is 0 Å². The molecule has 1 fully saturated rings. The molecule has 1 amide bonds. The molecule has 0 aromatic heterocycles. The second-order valence-electron chi connectivity index (χ2n) is 6.35. The van der Waals surface area contributed by atoms with Crippen molar-refractivity contribution in [1.82, 2.24) is 4.90 Å². The Morgan fingerprint density at radius 1 is 1.27 bits per heavy atom. The second-order valence-corrected chi connectivity index (χ2v) is 7.46. The zero-order valence-electron chi connectivity index (χ0n) is 13.2. The van der Waals surface area contributed by atoms with E-state index in [1.165, 1.54) is 16.7 Å². The van der Waals surface area contributed by atoms with Crippen LogP contribution in [-0.2, 0) is 4.79 Å². The summed E-state index contributed by atoms with van der Waals surface area (Å²) < 4.78 is 5.09. The monoisotopic (exact) mass is 323 g/mol. The Morgan fingerprint density at radius 3 is 2.32 bits per heavy atom. The lowest BCUT2D eigenvalue weighted by molar-refractivity contribution is -0.141. The molecule has 1 aromatic rings. The first-order chi connectivity index (χ1) is 10.3. The van der Waals surface area contributed by atoms with E-state index in [1.807, 2.05) is 20.8 Å². The molecular weight excluding hydrogens is 302 g/mol. The smallest absolute Gasteiger partial charge is 0.327 e. The Kier molecular flexibility index (Phi) is 4.70. The van der Waals surface area contributed by atoms with Crippen LogP contribution in [0.3, 0.4) is 0 Å². The van der Waals surface area contributed by atoms with Crippen LogP contribution in [0.5, 0.6) is 5.75 Å². The highest BCUT2D eigenvalue weighted by Gasteiger charge is 2.46. The van der Waals surface area contributed by atoms with Crippen LogP contribution in [0.25, 0.3) is 0 Å². The number of hydrogen-bond acceptors (Lipinski definition) is 4. The zero-order chi connectivity index (χ0) is 16.5. The molecule has 120 valence electrons. The minimum atomic E-state index is -0.957. The molecule has 1 heterocycles. The lowest BCUT2D eigenvalue weighted by Gasteiger charge is -2.35. The summed E-state index contributed by atoms with van der Waals surface area (Å²) in [6.07, 6.45) is 0. The highest BCUT2D eigenvalue weighted by Crippen LogP contribution is 2.41. The predicted molar refractivity (Wildman–Crippen MR) is 86.3 cm³/mol. The molecule has 0 saturated carbocycles.